The molecule has 2 aromatic carbocycles. The van der Waals surface area contributed by atoms with Crippen LogP contribution in [0.25, 0.3) is 21.5 Å². The first-order valence-corrected chi connectivity index (χ1v) is 12.0. The number of carbonyl (C=O) groups excluding carboxylic acids is 1. The molecule has 0 aliphatic rings. The van der Waals surface area contributed by atoms with Crippen molar-refractivity contribution in [2.24, 2.45) is 0 Å². The van der Waals surface area contributed by atoms with Crippen molar-refractivity contribution in [3.05, 3.63) is 62.9 Å². The maximum atomic E-state index is 12.8. The van der Waals surface area contributed by atoms with Gasteiger partial charge in [0.1, 0.15) is 10.8 Å². The van der Waals surface area contributed by atoms with Crippen molar-refractivity contribution in [3.8, 4) is 16.3 Å². The van der Waals surface area contributed by atoms with Crippen LogP contribution in [0.15, 0.2) is 50.6 Å². The van der Waals surface area contributed by atoms with E-state index in [2.05, 4.69) is 9.72 Å². The number of thioether (sulfide) groups is 1. The Morgan fingerprint density at radius 2 is 1.91 bits per heavy atom. The Labute approximate surface area is 205 Å². The second-order valence-corrected chi connectivity index (χ2v) is 9.50. The zero-order chi connectivity index (χ0) is 25.3. The van der Waals surface area contributed by atoms with Crippen LogP contribution in [0.4, 0.5) is 13.2 Å². The monoisotopic (exact) mass is 524 g/mol. The summed E-state index contributed by atoms with van der Waals surface area (Å²) in [5.41, 5.74) is 0.469. The van der Waals surface area contributed by atoms with Crippen molar-refractivity contribution in [3.63, 3.8) is 0 Å². The number of aromatic nitrogens is 2. The lowest BCUT2D eigenvalue weighted by Crippen LogP contribution is -2.20. The number of hydrogen-bond acceptors (Lipinski definition) is 8. The third-order valence-electron chi connectivity index (χ3n) is 5.14. The molecule has 0 bridgehead atoms. The van der Waals surface area contributed by atoms with Gasteiger partial charge in [0, 0.05) is 22.3 Å². The van der Waals surface area contributed by atoms with Gasteiger partial charge >= 0.3 is 12.1 Å². The van der Waals surface area contributed by atoms with Gasteiger partial charge in [0.25, 0.3) is 5.56 Å². The lowest BCUT2D eigenvalue weighted by Gasteiger charge is -2.07. The highest BCUT2D eigenvalue weighted by Crippen LogP contribution is 2.38. The Morgan fingerprint density at radius 1 is 1.20 bits per heavy atom. The second kappa shape index (κ2) is 9.78. The lowest BCUT2D eigenvalue weighted by atomic mass is 10.1. The van der Waals surface area contributed by atoms with Gasteiger partial charge in [-0.3, -0.25) is 4.79 Å². The van der Waals surface area contributed by atoms with E-state index in [0.717, 1.165) is 27.4 Å². The van der Waals surface area contributed by atoms with Crippen LogP contribution in [-0.2, 0) is 28.0 Å². The molecular weight excluding hydrogens is 505 g/mol. The number of thiazole rings is 1. The number of aryl methyl sites for hydroxylation is 1. The molecule has 0 saturated carbocycles. The molecule has 0 aliphatic heterocycles. The lowest BCUT2D eigenvalue weighted by molar-refractivity contribution is -0.142. The first-order valence-electron chi connectivity index (χ1n) is 10.2. The fourth-order valence-electron chi connectivity index (χ4n) is 3.27. The molecule has 184 valence electrons. The van der Waals surface area contributed by atoms with E-state index in [1.54, 1.807) is 12.1 Å². The minimum absolute atomic E-state index is 0.277. The highest BCUT2D eigenvalue weighted by molar-refractivity contribution is 7.98. The molecule has 2 aromatic heterocycles. The number of methoxy groups -OCH3 is 2. The van der Waals surface area contributed by atoms with E-state index in [1.807, 2.05) is 6.92 Å². The number of alkyl halides is 3. The normalized spacial score (nSPS) is 11.7. The Bertz CT molecular complexity index is 1440. The fourth-order valence-corrected chi connectivity index (χ4v) is 5.52. The molecule has 0 atom stereocenters. The summed E-state index contributed by atoms with van der Waals surface area (Å²) in [4.78, 5) is 30.3. The van der Waals surface area contributed by atoms with Gasteiger partial charge < -0.3 is 14.0 Å². The summed E-state index contributed by atoms with van der Waals surface area (Å²) in [6.45, 7) is 1.49. The smallest absolute Gasteiger partial charge is 0.416 e. The summed E-state index contributed by atoms with van der Waals surface area (Å²) >= 11 is 2.81. The molecule has 4 aromatic rings. The summed E-state index contributed by atoms with van der Waals surface area (Å²) in [5.74, 6) is 0.379. The SMILES string of the molecule is COC(=O)Cn1oc2cc(OC)c(SCc3sc(-c4ccc(C(F)(F)F)cc4)nc3C)cc2c1=O. The molecule has 0 fully saturated rings. The summed E-state index contributed by atoms with van der Waals surface area (Å²) in [5, 5.41) is 0.915. The van der Waals surface area contributed by atoms with E-state index >= 15 is 0 Å². The number of nitrogens with zero attached hydrogens (tertiary/aromatic N) is 2. The number of hydrogen-bond donors (Lipinski definition) is 0. The average molecular weight is 525 g/mol. The average Bonchev–Trinajstić information content (AvgIpc) is 3.35. The minimum atomic E-state index is -4.39. The highest BCUT2D eigenvalue weighted by Gasteiger charge is 2.30. The van der Waals surface area contributed by atoms with Crippen molar-refractivity contribution >= 4 is 40.0 Å². The minimum Gasteiger partial charge on any atom is -0.495 e. The van der Waals surface area contributed by atoms with Crippen LogP contribution in [-0.4, -0.2) is 29.9 Å². The summed E-state index contributed by atoms with van der Waals surface area (Å²) in [6.07, 6.45) is -4.39. The molecule has 0 N–H and O–H groups in total. The van der Waals surface area contributed by atoms with Crippen LogP contribution in [0.1, 0.15) is 16.1 Å². The van der Waals surface area contributed by atoms with Crippen molar-refractivity contribution in [2.75, 3.05) is 14.2 Å². The molecule has 35 heavy (non-hydrogen) atoms. The van der Waals surface area contributed by atoms with Crippen LogP contribution in [0.2, 0.25) is 0 Å². The van der Waals surface area contributed by atoms with E-state index in [9.17, 15) is 22.8 Å². The molecule has 0 aliphatic carbocycles. The number of fused-ring (bicyclic) bond motifs is 1. The van der Waals surface area contributed by atoms with Gasteiger partial charge in [-0.05, 0) is 25.1 Å². The maximum Gasteiger partial charge on any atom is 0.416 e. The largest absolute Gasteiger partial charge is 0.495 e. The predicted octanol–water partition coefficient (Wildman–Crippen LogP) is 5.52. The molecule has 12 heteroatoms. The molecule has 0 unspecified atom stereocenters. The van der Waals surface area contributed by atoms with Gasteiger partial charge in [0.2, 0.25) is 0 Å². The Morgan fingerprint density at radius 3 is 2.54 bits per heavy atom. The van der Waals surface area contributed by atoms with Crippen molar-refractivity contribution in [2.45, 2.75) is 30.3 Å². The number of benzene rings is 2. The van der Waals surface area contributed by atoms with E-state index < -0.39 is 23.3 Å². The van der Waals surface area contributed by atoms with Gasteiger partial charge in [0.15, 0.2) is 12.1 Å². The second-order valence-electron chi connectivity index (χ2n) is 7.40. The molecule has 2 heterocycles. The number of ether oxygens (including phenoxy) is 2. The van der Waals surface area contributed by atoms with Crippen molar-refractivity contribution < 1.29 is 32.0 Å². The topological polar surface area (TPSA) is 83.6 Å². The summed E-state index contributed by atoms with van der Waals surface area (Å²) in [7, 11) is 2.72. The van der Waals surface area contributed by atoms with Crippen LogP contribution in [0, 0.1) is 6.92 Å². The maximum absolute atomic E-state index is 12.8. The highest BCUT2D eigenvalue weighted by atomic mass is 32.2. The number of esters is 1. The van der Waals surface area contributed by atoms with Crippen LogP contribution >= 0.6 is 23.1 Å². The number of halogens is 3. The molecule has 0 saturated heterocycles. The standard InChI is InChI=1S/C23H19F3N2O5S2/c1-12-19(35-21(27-12)13-4-6-14(7-5-13)23(24,25)26)11-34-18-8-15-16(9-17(18)31-2)33-28(22(15)30)10-20(29)32-3/h4-9H,10-11H2,1-3H3. The van der Waals surface area contributed by atoms with Crippen LogP contribution in [0.3, 0.4) is 0 Å². The van der Waals surface area contributed by atoms with Crippen LogP contribution < -0.4 is 10.3 Å². The van der Waals surface area contributed by atoms with E-state index in [0.29, 0.717) is 32.4 Å². The molecule has 7 nitrogen and oxygen atoms in total. The molecular formula is C23H19F3N2O5S2. The van der Waals surface area contributed by atoms with Gasteiger partial charge in [-0.25, -0.2) is 9.78 Å². The third kappa shape index (κ3) is 5.22. The van der Waals surface area contributed by atoms with Gasteiger partial charge in [0.05, 0.1) is 35.8 Å². The molecule has 0 radical (unpaired) electrons. The van der Waals surface area contributed by atoms with Crippen LogP contribution in [0.5, 0.6) is 5.75 Å². The summed E-state index contributed by atoms with van der Waals surface area (Å²) in [6, 6.07) is 8.13. The Kier molecular flexibility index (Phi) is 6.95. The zero-order valence-electron chi connectivity index (χ0n) is 18.8. The number of carbonyl (C=O) groups is 1. The Balaban J connectivity index is 1.57. The molecule has 0 spiro atoms. The number of rotatable bonds is 7. The summed E-state index contributed by atoms with van der Waals surface area (Å²) < 4.78 is 54.9. The van der Waals surface area contributed by atoms with Crippen molar-refractivity contribution in [1.82, 2.24) is 9.72 Å². The van der Waals surface area contributed by atoms with E-state index in [-0.39, 0.29) is 12.1 Å². The third-order valence-corrected chi connectivity index (χ3v) is 7.59. The zero-order valence-corrected chi connectivity index (χ0v) is 20.4. The first kappa shape index (κ1) is 24.9. The molecule has 4 rings (SSSR count). The van der Waals surface area contributed by atoms with Gasteiger partial charge in [-0.1, -0.05) is 12.1 Å². The fraction of sp³-hybridized carbons (Fsp3) is 0.261. The van der Waals surface area contributed by atoms with E-state index in [1.165, 1.54) is 49.5 Å². The first-order chi connectivity index (χ1) is 16.6. The predicted molar refractivity (Wildman–Crippen MR) is 126 cm³/mol. The van der Waals surface area contributed by atoms with Gasteiger partial charge in [-0.2, -0.15) is 17.9 Å². The van der Waals surface area contributed by atoms with E-state index in [4.69, 9.17) is 9.26 Å². The molecule has 0 amide bonds. The quantitative estimate of drug-likeness (QED) is 0.233. The Hall–Kier alpha value is -3.25. The van der Waals surface area contributed by atoms with Crippen molar-refractivity contribution in [1.29, 1.82) is 0 Å². The van der Waals surface area contributed by atoms with Gasteiger partial charge in [-0.15, -0.1) is 23.1 Å².